The van der Waals surface area contributed by atoms with E-state index in [9.17, 15) is 8.42 Å². The van der Waals surface area contributed by atoms with Gasteiger partial charge in [0.15, 0.2) is 0 Å². The molecule has 104 valence electrons. The molecule has 0 fully saturated rings. The zero-order valence-electron chi connectivity index (χ0n) is 11.1. The quantitative estimate of drug-likeness (QED) is 0.867. The van der Waals surface area contributed by atoms with Crippen molar-refractivity contribution in [3.8, 4) is 6.07 Å². The third kappa shape index (κ3) is 2.88. The Morgan fingerprint density at radius 1 is 1.45 bits per heavy atom. The van der Waals surface area contributed by atoms with Crippen LogP contribution in [-0.4, -0.2) is 24.8 Å². The van der Waals surface area contributed by atoms with Crippen LogP contribution in [-0.2, 0) is 16.6 Å². The fraction of sp³-hybridized carbons (Fsp3) is 0.231. The SMILES string of the molecule is Cc1ncsc1CN(C)S(=O)(=O)c1cccc(C#N)c1. The van der Waals surface area contributed by atoms with Crippen LogP contribution in [0.25, 0.3) is 0 Å². The van der Waals surface area contributed by atoms with Gasteiger partial charge >= 0.3 is 0 Å². The normalized spacial score (nSPS) is 11.5. The maximum atomic E-state index is 12.4. The summed E-state index contributed by atoms with van der Waals surface area (Å²) in [6.45, 7) is 2.12. The summed E-state index contributed by atoms with van der Waals surface area (Å²) < 4.78 is 26.1. The number of benzene rings is 1. The van der Waals surface area contributed by atoms with Gasteiger partial charge in [-0.15, -0.1) is 11.3 Å². The Kier molecular flexibility index (Phi) is 4.18. The van der Waals surface area contributed by atoms with E-state index in [0.717, 1.165) is 10.6 Å². The molecule has 0 saturated heterocycles. The Morgan fingerprint density at radius 3 is 2.80 bits per heavy atom. The summed E-state index contributed by atoms with van der Waals surface area (Å²) in [4.78, 5) is 5.14. The van der Waals surface area contributed by atoms with Crippen LogP contribution in [0.3, 0.4) is 0 Å². The highest BCUT2D eigenvalue weighted by molar-refractivity contribution is 7.89. The van der Waals surface area contributed by atoms with E-state index in [4.69, 9.17) is 5.26 Å². The molecule has 2 aromatic rings. The minimum absolute atomic E-state index is 0.126. The van der Waals surface area contributed by atoms with E-state index >= 15 is 0 Å². The van der Waals surface area contributed by atoms with Crippen molar-refractivity contribution in [2.45, 2.75) is 18.4 Å². The topological polar surface area (TPSA) is 74.1 Å². The molecular formula is C13H13N3O2S2. The lowest BCUT2D eigenvalue weighted by atomic mass is 10.2. The van der Waals surface area contributed by atoms with Gasteiger partial charge < -0.3 is 0 Å². The smallest absolute Gasteiger partial charge is 0.243 e. The predicted octanol–water partition coefficient (Wildman–Crippen LogP) is 2.14. The second-order valence-corrected chi connectivity index (χ2v) is 7.25. The molecule has 2 rings (SSSR count). The lowest BCUT2D eigenvalue weighted by molar-refractivity contribution is 0.468. The van der Waals surface area contributed by atoms with Gasteiger partial charge in [-0.3, -0.25) is 0 Å². The molecule has 0 bridgehead atoms. The number of nitriles is 1. The first kappa shape index (κ1) is 14.7. The first-order valence-electron chi connectivity index (χ1n) is 5.80. The lowest BCUT2D eigenvalue weighted by Crippen LogP contribution is -2.26. The summed E-state index contributed by atoms with van der Waals surface area (Å²) >= 11 is 1.43. The highest BCUT2D eigenvalue weighted by Crippen LogP contribution is 2.20. The molecule has 20 heavy (non-hydrogen) atoms. The van der Waals surface area contributed by atoms with Crippen LogP contribution in [0.4, 0.5) is 0 Å². The number of hydrogen-bond donors (Lipinski definition) is 0. The van der Waals surface area contributed by atoms with Crippen LogP contribution >= 0.6 is 11.3 Å². The molecule has 0 aliphatic heterocycles. The Bertz CT molecular complexity index is 760. The monoisotopic (exact) mass is 307 g/mol. The zero-order valence-corrected chi connectivity index (χ0v) is 12.7. The number of nitrogens with zero attached hydrogens (tertiary/aromatic N) is 3. The van der Waals surface area contributed by atoms with Gasteiger partial charge in [-0.1, -0.05) is 6.07 Å². The Labute approximate surface area is 122 Å². The van der Waals surface area contributed by atoms with Gasteiger partial charge in [0.05, 0.1) is 27.7 Å². The van der Waals surface area contributed by atoms with Crippen LogP contribution < -0.4 is 0 Å². The van der Waals surface area contributed by atoms with Gasteiger partial charge in [0.2, 0.25) is 10.0 Å². The fourth-order valence-electron chi connectivity index (χ4n) is 1.67. The van der Waals surface area contributed by atoms with Gasteiger partial charge in [-0.2, -0.15) is 9.57 Å². The van der Waals surface area contributed by atoms with Gasteiger partial charge in [-0.25, -0.2) is 13.4 Å². The number of thiazole rings is 1. The van der Waals surface area contributed by atoms with Crippen molar-refractivity contribution in [1.82, 2.24) is 9.29 Å². The summed E-state index contributed by atoms with van der Waals surface area (Å²) in [5.41, 5.74) is 2.86. The molecule has 0 saturated carbocycles. The lowest BCUT2D eigenvalue weighted by Gasteiger charge is -2.16. The number of sulfonamides is 1. The Balaban J connectivity index is 2.30. The van der Waals surface area contributed by atoms with Gasteiger partial charge in [0, 0.05) is 18.5 Å². The van der Waals surface area contributed by atoms with Crippen molar-refractivity contribution < 1.29 is 8.42 Å². The maximum Gasteiger partial charge on any atom is 0.243 e. The minimum Gasteiger partial charge on any atom is -0.250 e. The molecule has 0 atom stereocenters. The summed E-state index contributed by atoms with van der Waals surface area (Å²) in [7, 11) is -2.08. The molecule has 1 heterocycles. The highest BCUT2D eigenvalue weighted by atomic mass is 32.2. The second kappa shape index (κ2) is 5.71. The van der Waals surface area contributed by atoms with Gasteiger partial charge in [0.1, 0.15) is 0 Å². The first-order valence-corrected chi connectivity index (χ1v) is 8.12. The van der Waals surface area contributed by atoms with E-state index in [1.54, 1.807) is 17.6 Å². The van der Waals surface area contributed by atoms with Crippen molar-refractivity contribution in [3.05, 3.63) is 45.9 Å². The van der Waals surface area contributed by atoms with Crippen molar-refractivity contribution >= 4 is 21.4 Å². The second-order valence-electron chi connectivity index (χ2n) is 4.26. The summed E-state index contributed by atoms with van der Waals surface area (Å²) in [5, 5.41) is 8.85. The van der Waals surface area contributed by atoms with E-state index in [2.05, 4.69) is 4.98 Å². The number of aryl methyl sites for hydroxylation is 1. The van der Waals surface area contributed by atoms with Crippen LogP contribution in [0, 0.1) is 18.3 Å². The highest BCUT2D eigenvalue weighted by Gasteiger charge is 2.22. The molecule has 0 aliphatic rings. The molecule has 7 heteroatoms. The summed E-state index contributed by atoms with van der Waals surface area (Å²) in [6, 6.07) is 7.96. The molecular weight excluding hydrogens is 294 g/mol. The molecule has 0 amide bonds. The van der Waals surface area contributed by atoms with E-state index in [1.165, 1.54) is 34.8 Å². The van der Waals surface area contributed by atoms with Crippen molar-refractivity contribution in [3.63, 3.8) is 0 Å². The van der Waals surface area contributed by atoms with Crippen LogP contribution in [0.2, 0.25) is 0 Å². The molecule has 5 nitrogen and oxygen atoms in total. The molecule has 0 unspecified atom stereocenters. The van der Waals surface area contributed by atoms with Crippen LogP contribution in [0.1, 0.15) is 16.1 Å². The van der Waals surface area contributed by atoms with Gasteiger partial charge in [0.25, 0.3) is 0 Å². The standard InChI is InChI=1S/C13H13N3O2S2/c1-10-13(19-9-15-10)8-16(2)20(17,18)12-5-3-4-11(6-12)7-14/h3-6,9H,8H2,1-2H3. The van der Waals surface area contributed by atoms with E-state index in [0.29, 0.717) is 5.56 Å². The van der Waals surface area contributed by atoms with Crippen LogP contribution in [0.15, 0.2) is 34.7 Å². The Hall–Kier alpha value is -1.75. The summed E-state index contributed by atoms with van der Waals surface area (Å²) in [6.07, 6.45) is 0. The molecule has 0 aliphatic carbocycles. The van der Waals surface area contributed by atoms with Crippen LogP contribution in [0.5, 0.6) is 0 Å². The Morgan fingerprint density at radius 2 is 2.20 bits per heavy atom. The van der Waals surface area contributed by atoms with Crippen molar-refractivity contribution in [2.24, 2.45) is 0 Å². The molecule has 0 spiro atoms. The number of hydrogen-bond acceptors (Lipinski definition) is 5. The first-order chi connectivity index (χ1) is 9.45. The van der Waals surface area contributed by atoms with Crippen molar-refractivity contribution in [1.29, 1.82) is 5.26 Å². The third-order valence-electron chi connectivity index (χ3n) is 2.88. The number of rotatable bonds is 4. The third-order valence-corrected chi connectivity index (χ3v) is 5.60. The van der Waals surface area contributed by atoms with E-state index in [-0.39, 0.29) is 11.4 Å². The average Bonchev–Trinajstić information content (AvgIpc) is 2.84. The van der Waals surface area contributed by atoms with E-state index < -0.39 is 10.0 Å². The average molecular weight is 307 g/mol. The zero-order chi connectivity index (χ0) is 14.8. The molecule has 0 N–H and O–H groups in total. The predicted molar refractivity (Wildman–Crippen MR) is 76.7 cm³/mol. The minimum atomic E-state index is -3.60. The molecule has 0 radical (unpaired) electrons. The largest absolute Gasteiger partial charge is 0.250 e. The van der Waals surface area contributed by atoms with Gasteiger partial charge in [-0.05, 0) is 25.1 Å². The maximum absolute atomic E-state index is 12.4. The summed E-state index contributed by atoms with van der Waals surface area (Å²) in [5.74, 6) is 0. The fourth-order valence-corrected chi connectivity index (χ4v) is 3.77. The van der Waals surface area contributed by atoms with Crippen molar-refractivity contribution in [2.75, 3.05) is 7.05 Å². The molecule has 1 aromatic heterocycles. The van der Waals surface area contributed by atoms with E-state index in [1.807, 2.05) is 13.0 Å². The molecule has 1 aromatic carbocycles. The number of aromatic nitrogens is 1.